The van der Waals surface area contributed by atoms with Crippen LogP contribution in [0.2, 0.25) is 0 Å². The van der Waals surface area contributed by atoms with Crippen LogP contribution in [0.25, 0.3) is 0 Å². The van der Waals surface area contributed by atoms with Gasteiger partial charge in [-0.15, -0.1) is 5.53 Å². The molecule has 1 aliphatic rings. The molecule has 0 aliphatic carbocycles. The van der Waals surface area contributed by atoms with E-state index in [1.165, 1.54) is 0 Å². The molecule has 0 saturated heterocycles. The molecule has 138 valence electrons. The number of nitrogens with one attached hydrogen (secondary N) is 3. The maximum Gasteiger partial charge on any atom is 0.261 e. The average Bonchev–Trinajstić information content (AvgIpc) is 3.11. The molecule has 2 aromatic carbocycles. The molecule has 26 heavy (non-hydrogen) atoms. The summed E-state index contributed by atoms with van der Waals surface area (Å²) in [6.07, 6.45) is 5.13. The van der Waals surface area contributed by atoms with Crippen molar-refractivity contribution in [2.45, 2.75) is 38.0 Å². The van der Waals surface area contributed by atoms with Crippen molar-refractivity contribution >= 4 is 21.4 Å². The van der Waals surface area contributed by atoms with Crippen molar-refractivity contribution in [2.75, 3.05) is 9.73 Å². The topological polar surface area (TPSA) is 73.5 Å². The Morgan fingerprint density at radius 2 is 1.92 bits per heavy atom. The molecule has 7 heteroatoms. The van der Waals surface area contributed by atoms with Gasteiger partial charge in [0.1, 0.15) is 0 Å². The summed E-state index contributed by atoms with van der Waals surface area (Å²) in [6.45, 7) is 4.02. The molecule has 0 unspecified atom stereocenters. The first-order valence-electron chi connectivity index (χ1n) is 8.70. The van der Waals surface area contributed by atoms with Crippen LogP contribution < -0.4 is 20.7 Å². The van der Waals surface area contributed by atoms with E-state index in [1.54, 1.807) is 29.3 Å². The Labute approximate surface area is 154 Å². The summed E-state index contributed by atoms with van der Waals surface area (Å²) in [5.41, 5.74) is 9.45. The summed E-state index contributed by atoms with van der Waals surface area (Å²) in [5, 5.41) is 1.79. The lowest BCUT2D eigenvalue weighted by Crippen LogP contribution is -2.36. The number of sulfonamides is 1. The van der Waals surface area contributed by atoms with Gasteiger partial charge in [0.05, 0.1) is 16.3 Å². The third kappa shape index (κ3) is 4.17. The summed E-state index contributed by atoms with van der Waals surface area (Å²) >= 11 is 0. The predicted molar refractivity (Wildman–Crippen MR) is 105 cm³/mol. The maximum atomic E-state index is 12.7. The fraction of sp³-hybridized carbons (Fsp3) is 0.263. The van der Waals surface area contributed by atoms with Crippen LogP contribution >= 0.6 is 0 Å². The van der Waals surface area contributed by atoms with Gasteiger partial charge >= 0.3 is 0 Å². The highest BCUT2D eigenvalue weighted by Crippen LogP contribution is 2.24. The first kappa shape index (κ1) is 18.3. The average molecular weight is 372 g/mol. The number of rotatable bonds is 7. The molecule has 6 nitrogen and oxygen atoms in total. The SMILES string of the molecule is CCCCC1=CN(c2cccc(S(=O)(=O)Nc3ccccc3C)c2)NN1. The zero-order chi connectivity index (χ0) is 18.6. The molecule has 1 aliphatic heterocycles. The molecule has 3 rings (SSSR count). The number of hydrogen-bond donors (Lipinski definition) is 3. The van der Waals surface area contributed by atoms with Crippen molar-refractivity contribution < 1.29 is 8.42 Å². The quantitative estimate of drug-likeness (QED) is 0.692. The molecule has 0 spiro atoms. The van der Waals surface area contributed by atoms with Crippen LogP contribution in [0.3, 0.4) is 0 Å². The van der Waals surface area contributed by atoms with Crippen LogP contribution in [0.4, 0.5) is 11.4 Å². The molecule has 0 saturated carbocycles. The lowest BCUT2D eigenvalue weighted by molar-refractivity contribution is 0.601. The number of nitrogens with zero attached hydrogens (tertiary/aromatic N) is 1. The smallest absolute Gasteiger partial charge is 0.261 e. The molecule has 0 atom stereocenters. The van der Waals surface area contributed by atoms with E-state index in [9.17, 15) is 8.42 Å². The van der Waals surface area contributed by atoms with E-state index >= 15 is 0 Å². The van der Waals surface area contributed by atoms with E-state index in [0.29, 0.717) is 5.69 Å². The van der Waals surface area contributed by atoms with Crippen molar-refractivity contribution in [1.82, 2.24) is 11.0 Å². The van der Waals surface area contributed by atoms with Crippen LogP contribution in [-0.2, 0) is 10.0 Å². The Morgan fingerprint density at radius 3 is 2.69 bits per heavy atom. The normalized spacial score (nSPS) is 14.1. The zero-order valence-corrected chi connectivity index (χ0v) is 15.8. The Kier molecular flexibility index (Phi) is 5.49. The summed E-state index contributed by atoms with van der Waals surface area (Å²) < 4.78 is 28.2. The van der Waals surface area contributed by atoms with Gasteiger partial charge < -0.3 is 5.43 Å². The minimum atomic E-state index is -3.66. The third-order valence-corrected chi connectivity index (χ3v) is 5.58. The molecule has 0 fully saturated rings. The minimum Gasteiger partial charge on any atom is -0.306 e. The number of para-hydroxylation sites is 1. The number of unbranched alkanes of at least 4 members (excludes halogenated alkanes) is 1. The molecular weight excluding hydrogens is 348 g/mol. The molecule has 0 bridgehead atoms. The van der Waals surface area contributed by atoms with Crippen molar-refractivity contribution in [2.24, 2.45) is 0 Å². The molecule has 0 amide bonds. The third-order valence-electron chi connectivity index (χ3n) is 4.22. The second-order valence-electron chi connectivity index (χ2n) is 6.28. The van der Waals surface area contributed by atoms with Gasteiger partial charge in [-0.2, -0.15) is 0 Å². The largest absolute Gasteiger partial charge is 0.306 e. The van der Waals surface area contributed by atoms with Gasteiger partial charge in [-0.3, -0.25) is 9.73 Å². The number of hydrazine groups is 2. The summed E-state index contributed by atoms with van der Waals surface area (Å²) in [6, 6.07) is 14.2. The monoisotopic (exact) mass is 372 g/mol. The zero-order valence-electron chi connectivity index (χ0n) is 15.0. The van der Waals surface area contributed by atoms with Gasteiger partial charge in [-0.1, -0.05) is 37.6 Å². The van der Waals surface area contributed by atoms with Crippen molar-refractivity contribution in [3.63, 3.8) is 0 Å². The van der Waals surface area contributed by atoms with E-state index in [0.717, 1.165) is 36.2 Å². The number of benzene rings is 2. The first-order chi connectivity index (χ1) is 12.5. The Morgan fingerprint density at radius 1 is 1.12 bits per heavy atom. The van der Waals surface area contributed by atoms with E-state index in [-0.39, 0.29) is 4.90 Å². The fourth-order valence-electron chi connectivity index (χ4n) is 2.68. The minimum absolute atomic E-state index is 0.218. The van der Waals surface area contributed by atoms with Gasteiger partial charge in [0.25, 0.3) is 10.0 Å². The molecule has 1 heterocycles. The summed E-state index contributed by atoms with van der Waals surface area (Å²) in [5.74, 6) is 0. The van der Waals surface area contributed by atoms with Crippen molar-refractivity contribution in [1.29, 1.82) is 0 Å². The highest BCUT2D eigenvalue weighted by atomic mass is 32.2. The lowest BCUT2D eigenvalue weighted by atomic mass is 10.2. The maximum absolute atomic E-state index is 12.7. The highest BCUT2D eigenvalue weighted by Gasteiger charge is 2.18. The second kappa shape index (κ2) is 7.80. The first-order valence-corrected chi connectivity index (χ1v) is 10.2. The van der Waals surface area contributed by atoms with Crippen LogP contribution in [0.15, 0.2) is 65.3 Å². The van der Waals surface area contributed by atoms with Gasteiger partial charge in [0.2, 0.25) is 0 Å². The number of anilines is 2. The van der Waals surface area contributed by atoms with Crippen molar-refractivity contribution in [3.05, 3.63) is 66.0 Å². The second-order valence-corrected chi connectivity index (χ2v) is 7.96. The fourth-order valence-corrected chi connectivity index (χ4v) is 3.85. The van der Waals surface area contributed by atoms with E-state index < -0.39 is 10.0 Å². The number of hydrogen-bond acceptors (Lipinski definition) is 5. The van der Waals surface area contributed by atoms with Crippen LogP contribution in [-0.4, -0.2) is 8.42 Å². The van der Waals surface area contributed by atoms with Crippen molar-refractivity contribution in [3.8, 4) is 0 Å². The van der Waals surface area contributed by atoms with Crippen LogP contribution in [0, 0.1) is 6.92 Å². The van der Waals surface area contributed by atoms with Gasteiger partial charge in [-0.05, 0) is 49.6 Å². The highest BCUT2D eigenvalue weighted by molar-refractivity contribution is 7.92. The van der Waals surface area contributed by atoms with E-state index in [1.807, 2.05) is 37.4 Å². The molecule has 0 radical (unpaired) electrons. The van der Waals surface area contributed by atoms with Gasteiger partial charge in [-0.25, -0.2) is 8.42 Å². The number of allylic oxidation sites excluding steroid dienone is 1. The molecule has 2 aromatic rings. The molecule has 0 aromatic heterocycles. The Balaban J connectivity index is 1.81. The summed E-state index contributed by atoms with van der Waals surface area (Å²) in [4.78, 5) is 0.218. The van der Waals surface area contributed by atoms with E-state index in [4.69, 9.17) is 0 Å². The van der Waals surface area contributed by atoms with Gasteiger partial charge in [0, 0.05) is 11.9 Å². The lowest BCUT2D eigenvalue weighted by Gasteiger charge is -2.17. The van der Waals surface area contributed by atoms with Crippen LogP contribution in [0.1, 0.15) is 31.7 Å². The molecule has 3 N–H and O–H groups in total. The summed E-state index contributed by atoms with van der Waals surface area (Å²) in [7, 11) is -3.66. The van der Waals surface area contributed by atoms with Gasteiger partial charge in [0.15, 0.2) is 0 Å². The number of aryl methyl sites for hydroxylation is 1. The predicted octanol–water partition coefficient (Wildman–Crippen LogP) is 3.66. The standard InChI is InChI=1S/C19H24N4O2S/c1-3-4-9-16-14-23(22-20-16)17-10-7-11-18(13-17)26(24,25)21-19-12-6-5-8-15(19)2/h5-8,10-14,20-22H,3-4,9H2,1-2H3. The van der Waals surface area contributed by atoms with Crippen LogP contribution in [0.5, 0.6) is 0 Å². The Hall–Kier alpha value is -2.51. The van der Waals surface area contributed by atoms with E-state index in [2.05, 4.69) is 22.6 Å². The molecular formula is C19H24N4O2S. The Bertz CT molecular complexity index is 909.